The Hall–Kier alpha value is -1.76. The molecule has 2 N–H and O–H groups in total. The van der Waals surface area contributed by atoms with Gasteiger partial charge >= 0.3 is 0 Å². The van der Waals surface area contributed by atoms with Gasteiger partial charge in [-0.1, -0.05) is 0 Å². The van der Waals surface area contributed by atoms with E-state index in [1.54, 1.807) is 24.3 Å². The van der Waals surface area contributed by atoms with E-state index in [9.17, 15) is 13.2 Å². The van der Waals surface area contributed by atoms with Crippen LogP contribution < -0.4 is 10.0 Å². The molecule has 0 radical (unpaired) electrons. The third-order valence-corrected chi connectivity index (χ3v) is 3.97. The highest BCUT2D eigenvalue weighted by Crippen LogP contribution is 2.16. The van der Waals surface area contributed by atoms with E-state index in [0.717, 1.165) is 37.9 Å². The number of benzene rings is 1. The molecule has 6 nitrogen and oxygen atoms in total. The molecule has 0 spiro atoms. The molecular formula is C14H21N3O3S. The second-order valence-corrected chi connectivity index (χ2v) is 7.10. The minimum atomic E-state index is -3.27. The molecule has 2 rings (SSSR count). The summed E-state index contributed by atoms with van der Waals surface area (Å²) in [6, 6.07) is 6.53. The van der Waals surface area contributed by atoms with Crippen LogP contribution in [0.25, 0.3) is 0 Å². The molecule has 116 valence electrons. The maximum Gasteiger partial charge on any atom is 0.244 e. The van der Waals surface area contributed by atoms with Gasteiger partial charge in [-0.2, -0.15) is 0 Å². The zero-order valence-corrected chi connectivity index (χ0v) is 13.1. The third kappa shape index (κ3) is 4.63. The Balaban J connectivity index is 1.94. The van der Waals surface area contributed by atoms with Crippen LogP contribution in [-0.2, 0) is 14.8 Å². The van der Waals surface area contributed by atoms with Crippen LogP contribution in [0.1, 0.15) is 19.8 Å². The van der Waals surface area contributed by atoms with Crippen molar-refractivity contribution in [1.29, 1.82) is 0 Å². The first kappa shape index (κ1) is 15.6. The number of nitrogens with one attached hydrogen (secondary N) is 2. The van der Waals surface area contributed by atoms with E-state index in [1.807, 2.05) is 11.8 Å². The number of nitrogens with zero attached hydrogens (tertiary/aromatic N) is 1. The second-order valence-electron chi connectivity index (χ2n) is 5.35. The lowest BCUT2D eigenvalue weighted by atomic mass is 10.2. The Morgan fingerprint density at radius 1 is 1.14 bits per heavy atom. The molecule has 21 heavy (non-hydrogen) atoms. The lowest BCUT2D eigenvalue weighted by Gasteiger charge is -2.22. The van der Waals surface area contributed by atoms with Crippen molar-refractivity contribution in [2.45, 2.75) is 25.8 Å². The first-order valence-electron chi connectivity index (χ1n) is 6.98. The maximum atomic E-state index is 12.2. The molecule has 0 bridgehead atoms. The minimum absolute atomic E-state index is 0.103. The molecule has 1 amide bonds. The van der Waals surface area contributed by atoms with Crippen molar-refractivity contribution in [2.75, 3.05) is 29.4 Å². The van der Waals surface area contributed by atoms with Crippen LogP contribution in [0.2, 0.25) is 0 Å². The number of sulfonamides is 1. The Morgan fingerprint density at radius 3 is 2.19 bits per heavy atom. The molecule has 0 aromatic heterocycles. The van der Waals surface area contributed by atoms with Crippen molar-refractivity contribution in [3.63, 3.8) is 0 Å². The van der Waals surface area contributed by atoms with E-state index in [4.69, 9.17) is 0 Å². The highest BCUT2D eigenvalue weighted by atomic mass is 32.2. The molecule has 1 atom stereocenters. The number of amides is 1. The SMILES string of the molecule is C[C@@H](Nc1ccc(NS(C)(=O)=O)cc1)C(=O)N1CCCC1. The predicted octanol–water partition coefficient (Wildman–Crippen LogP) is 1.48. The maximum absolute atomic E-state index is 12.2. The summed E-state index contributed by atoms with van der Waals surface area (Å²) in [5.41, 5.74) is 1.29. The molecule has 1 aliphatic heterocycles. The highest BCUT2D eigenvalue weighted by molar-refractivity contribution is 7.92. The molecule has 0 aliphatic carbocycles. The summed E-state index contributed by atoms with van der Waals surface area (Å²) in [7, 11) is -3.27. The average Bonchev–Trinajstić information content (AvgIpc) is 2.92. The van der Waals surface area contributed by atoms with Crippen LogP contribution in [0.4, 0.5) is 11.4 Å². The number of hydrogen-bond donors (Lipinski definition) is 2. The molecule has 1 aromatic carbocycles. The van der Waals surface area contributed by atoms with Crippen molar-refractivity contribution in [2.24, 2.45) is 0 Å². The van der Waals surface area contributed by atoms with Gasteiger partial charge in [0, 0.05) is 24.5 Å². The summed E-state index contributed by atoms with van der Waals surface area (Å²) in [4.78, 5) is 14.0. The lowest BCUT2D eigenvalue weighted by molar-refractivity contribution is -0.130. The zero-order chi connectivity index (χ0) is 15.5. The van der Waals surface area contributed by atoms with Crippen LogP contribution in [0, 0.1) is 0 Å². The predicted molar refractivity (Wildman–Crippen MR) is 83.8 cm³/mol. The van der Waals surface area contributed by atoms with Crippen molar-refractivity contribution < 1.29 is 13.2 Å². The van der Waals surface area contributed by atoms with Gasteiger partial charge in [0.05, 0.1) is 6.26 Å². The van der Waals surface area contributed by atoms with E-state index >= 15 is 0 Å². The summed E-state index contributed by atoms with van der Waals surface area (Å²) in [5, 5.41) is 3.14. The quantitative estimate of drug-likeness (QED) is 0.863. The van der Waals surface area contributed by atoms with Crippen LogP contribution in [0.3, 0.4) is 0 Å². The fourth-order valence-corrected chi connectivity index (χ4v) is 2.94. The van der Waals surface area contributed by atoms with Crippen LogP contribution in [0.5, 0.6) is 0 Å². The number of carbonyl (C=O) groups excluding carboxylic acids is 1. The number of rotatable bonds is 5. The number of likely N-dealkylation sites (tertiary alicyclic amines) is 1. The highest BCUT2D eigenvalue weighted by Gasteiger charge is 2.22. The fraction of sp³-hybridized carbons (Fsp3) is 0.500. The zero-order valence-electron chi connectivity index (χ0n) is 12.3. The van der Waals surface area contributed by atoms with Crippen molar-refractivity contribution in [1.82, 2.24) is 4.90 Å². The van der Waals surface area contributed by atoms with Crippen LogP contribution >= 0.6 is 0 Å². The van der Waals surface area contributed by atoms with Crippen molar-refractivity contribution in [3.05, 3.63) is 24.3 Å². The van der Waals surface area contributed by atoms with Gasteiger partial charge in [0.15, 0.2) is 0 Å². The van der Waals surface area contributed by atoms with Crippen molar-refractivity contribution >= 4 is 27.3 Å². The minimum Gasteiger partial charge on any atom is -0.374 e. The second kappa shape index (κ2) is 6.34. The summed E-state index contributed by atoms with van der Waals surface area (Å²) in [5.74, 6) is 0.103. The number of carbonyl (C=O) groups is 1. The monoisotopic (exact) mass is 311 g/mol. The molecule has 1 aromatic rings. The van der Waals surface area contributed by atoms with E-state index in [-0.39, 0.29) is 11.9 Å². The Bertz CT molecular complexity index is 592. The summed E-state index contributed by atoms with van der Waals surface area (Å²) in [6.07, 6.45) is 3.25. The van der Waals surface area contributed by atoms with Crippen molar-refractivity contribution in [3.8, 4) is 0 Å². The van der Waals surface area contributed by atoms with E-state index in [2.05, 4.69) is 10.0 Å². The van der Waals surface area contributed by atoms with Gasteiger partial charge in [0.2, 0.25) is 15.9 Å². The van der Waals surface area contributed by atoms with Gasteiger partial charge < -0.3 is 10.2 Å². The van der Waals surface area contributed by atoms with Crippen LogP contribution in [0.15, 0.2) is 24.3 Å². The first-order valence-corrected chi connectivity index (χ1v) is 8.87. The summed E-state index contributed by atoms with van der Waals surface area (Å²) in [6.45, 7) is 3.51. The fourth-order valence-electron chi connectivity index (χ4n) is 2.37. The Labute approximate surface area is 125 Å². The van der Waals surface area contributed by atoms with E-state index in [1.165, 1.54) is 0 Å². The van der Waals surface area contributed by atoms with Gasteiger partial charge in [-0.3, -0.25) is 9.52 Å². The van der Waals surface area contributed by atoms with Gasteiger partial charge in [-0.05, 0) is 44.0 Å². The largest absolute Gasteiger partial charge is 0.374 e. The molecule has 0 saturated carbocycles. The number of hydrogen-bond acceptors (Lipinski definition) is 4. The van der Waals surface area contributed by atoms with Crippen LogP contribution in [-0.4, -0.2) is 44.6 Å². The smallest absolute Gasteiger partial charge is 0.244 e. The molecule has 0 unspecified atom stereocenters. The average molecular weight is 311 g/mol. The Kier molecular flexibility index (Phi) is 4.72. The molecular weight excluding hydrogens is 290 g/mol. The standard InChI is InChI=1S/C14H21N3O3S/c1-11(14(18)17-9-3-4-10-17)15-12-5-7-13(8-6-12)16-21(2,19)20/h5-8,11,15-16H,3-4,9-10H2,1-2H3/t11-/m1/s1. The third-order valence-electron chi connectivity index (χ3n) is 3.36. The Morgan fingerprint density at radius 2 is 1.67 bits per heavy atom. The van der Waals surface area contributed by atoms with E-state index in [0.29, 0.717) is 5.69 Å². The van der Waals surface area contributed by atoms with Gasteiger partial charge in [-0.25, -0.2) is 8.42 Å². The topological polar surface area (TPSA) is 78.5 Å². The van der Waals surface area contributed by atoms with E-state index < -0.39 is 10.0 Å². The molecule has 1 aliphatic rings. The lowest BCUT2D eigenvalue weighted by Crippen LogP contribution is -2.39. The van der Waals surface area contributed by atoms with Gasteiger partial charge in [0.25, 0.3) is 0 Å². The normalized spacial score (nSPS) is 16.6. The molecule has 7 heteroatoms. The first-order chi connectivity index (χ1) is 9.85. The summed E-state index contributed by atoms with van der Waals surface area (Å²) < 4.78 is 24.6. The molecule has 1 fully saturated rings. The van der Waals surface area contributed by atoms with Gasteiger partial charge in [0.1, 0.15) is 6.04 Å². The number of anilines is 2. The molecule has 1 heterocycles. The van der Waals surface area contributed by atoms with Gasteiger partial charge in [-0.15, -0.1) is 0 Å². The molecule has 1 saturated heterocycles. The summed E-state index contributed by atoms with van der Waals surface area (Å²) >= 11 is 0.